The molecule has 0 bridgehead atoms. The summed E-state index contributed by atoms with van der Waals surface area (Å²) in [5.41, 5.74) is 5.68. The second kappa shape index (κ2) is 5.36. The van der Waals surface area contributed by atoms with E-state index in [1.807, 2.05) is 0 Å². The number of halogens is 1. The molecule has 1 aromatic carbocycles. The maximum absolute atomic E-state index is 13.6. The molecular formula is C11H14FNO2. The molecule has 0 radical (unpaired) electrons. The molecule has 0 aliphatic rings. The van der Waals surface area contributed by atoms with Gasteiger partial charge in [-0.3, -0.25) is 0 Å². The monoisotopic (exact) mass is 211 g/mol. The van der Waals surface area contributed by atoms with Gasteiger partial charge < -0.3 is 15.2 Å². The first-order valence-corrected chi connectivity index (χ1v) is 4.51. The van der Waals surface area contributed by atoms with Crippen molar-refractivity contribution < 1.29 is 13.9 Å². The second-order valence-corrected chi connectivity index (χ2v) is 2.86. The predicted octanol–water partition coefficient (Wildman–Crippen LogP) is 1.81. The van der Waals surface area contributed by atoms with Crippen LogP contribution in [0.3, 0.4) is 0 Å². The van der Waals surface area contributed by atoms with Crippen LogP contribution in [0.5, 0.6) is 11.5 Å². The van der Waals surface area contributed by atoms with Gasteiger partial charge in [0.2, 0.25) is 0 Å². The number of hydrogen-bond donors (Lipinski definition) is 1. The quantitative estimate of drug-likeness (QED) is 0.826. The molecule has 82 valence electrons. The van der Waals surface area contributed by atoms with Gasteiger partial charge in [-0.2, -0.15) is 0 Å². The van der Waals surface area contributed by atoms with Crippen LogP contribution in [0.25, 0.3) is 6.08 Å². The van der Waals surface area contributed by atoms with Crippen molar-refractivity contribution in [2.75, 3.05) is 20.8 Å². The Hall–Kier alpha value is -1.55. The van der Waals surface area contributed by atoms with Gasteiger partial charge in [0.25, 0.3) is 0 Å². The Labute approximate surface area is 88.3 Å². The summed E-state index contributed by atoms with van der Waals surface area (Å²) in [6, 6.07) is 2.93. The summed E-state index contributed by atoms with van der Waals surface area (Å²) >= 11 is 0. The Balaban J connectivity index is 3.18. The van der Waals surface area contributed by atoms with Crippen molar-refractivity contribution in [3.05, 3.63) is 29.6 Å². The van der Waals surface area contributed by atoms with Gasteiger partial charge in [-0.25, -0.2) is 4.39 Å². The number of benzene rings is 1. The molecule has 0 aromatic heterocycles. The average Bonchev–Trinajstić information content (AvgIpc) is 2.26. The lowest BCUT2D eigenvalue weighted by Gasteiger charge is -2.08. The first kappa shape index (κ1) is 11.5. The second-order valence-electron chi connectivity index (χ2n) is 2.86. The highest BCUT2D eigenvalue weighted by molar-refractivity contribution is 5.60. The number of methoxy groups -OCH3 is 2. The molecule has 2 N–H and O–H groups in total. The van der Waals surface area contributed by atoms with Crippen LogP contribution in [0, 0.1) is 5.82 Å². The molecule has 0 fully saturated rings. The third kappa shape index (κ3) is 2.70. The van der Waals surface area contributed by atoms with Crippen LogP contribution in [0.4, 0.5) is 4.39 Å². The molecule has 0 amide bonds. The zero-order valence-electron chi connectivity index (χ0n) is 8.79. The van der Waals surface area contributed by atoms with Crippen molar-refractivity contribution in [2.45, 2.75) is 0 Å². The molecule has 0 spiro atoms. The van der Waals surface area contributed by atoms with E-state index >= 15 is 0 Å². The van der Waals surface area contributed by atoms with Crippen molar-refractivity contribution in [3.63, 3.8) is 0 Å². The van der Waals surface area contributed by atoms with E-state index in [4.69, 9.17) is 15.2 Å². The molecule has 1 rings (SSSR count). The fraction of sp³-hybridized carbons (Fsp3) is 0.273. The number of rotatable bonds is 4. The van der Waals surface area contributed by atoms with E-state index < -0.39 is 5.82 Å². The Morgan fingerprint density at radius 2 is 2.07 bits per heavy atom. The van der Waals surface area contributed by atoms with Crippen LogP contribution in [0.15, 0.2) is 18.2 Å². The summed E-state index contributed by atoms with van der Waals surface area (Å²) in [4.78, 5) is 0. The highest BCUT2D eigenvalue weighted by Gasteiger charge is 2.09. The molecule has 3 nitrogen and oxygen atoms in total. The Morgan fingerprint density at radius 1 is 1.33 bits per heavy atom. The van der Waals surface area contributed by atoms with Crippen molar-refractivity contribution in [1.29, 1.82) is 0 Å². The summed E-state index contributed by atoms with van der Waals surface area (Å²) in [5.74, 6) is 0.460. The first-order chi connectivity index (χ1) is 7.22. The molecule has 0 aliphatic carbocycles. The van der Waals surface area contributed by atoms with Crippen LogP contribution in [0.2, 0.25) is 0 Å². The van der Waals surface area contributed by atoms with Crippen molar-refractivity contribution in [1.82, 2.24) is 0 Å². The van der Waals surface area contributed by atoms with Gasteiger partial charge in [0.05, 0.1) is 19.8 Å². The van der Waals surface area contributed by atoms with Gasteiger partial charge in [0.1, 0.15) is 17.3 Å². The van der Waals surface area contributed by atoms with E-state index in [1.54, 1.807) is 18.2 Å². The van der Waals surface area contributed by atoms with Gasteiger partial charge >= 0.3 is 0 Å². The molecule has 0 saturated carbocycles. The maximum Gasteiger partial charge on any atom is 0.137 e. The standard InChI is InChI=1S/C11H14FNO2/c1-14-8-6-10(12)9(4-3-5-13)11(7-8)15-2/h3-4,6-7H,5,13H2,1-2H3/b4-3+. The minimum atomic E-state index is -0.393. The molecule has 0 heterocycles. The minimum absolute atomic E-state index is 0.356. The Bertz CT molecular complexity index is 364. The van der Waals surface area contributed by atoms with Crippen LogP contribution in [-0.4, -0.2) is 20.8 Å². The van der Waals surface area contributed by atoms with Crippen molar-refractivity contribution >= 4 is 6.08 Å². The van der Waals surface area contributed by atoms with E-state index in [2.05, 4.69) is 0 Å². The SMILES string of the molecule is COc1cc(F)c(/C=C/CN)c(OC)c1. The highest BCUT2D eigenvalue weighted by Crippen LogP contribution is 2.28. The zero-order chi connectivity index (χ0) is 11.3. The lowest BCUT2D eigenvalue weighted by Crippen LogP contribution is -1.96. The predicted molar refractivity (Wildman–Crippen MR) is 57.6 cm³/mol. The summed E-state index contributed by atoms with van der Waals surface area (Å²) in [6.45, 7) is 0.356. The zero-order valence-corrected chi connectivity index (χ0v) is 8.79. The molecule has 1 aromatic rings. The van der Waals surface area contributed by atoms with Gasteiger partial charge in [-0.15, -0.1) is 0 Å². The summed E-state index contributed by atoms with van der Waals surface area (Å²) in [5, 5.41) is 0. The summed E-state index contributed by atoms with van der Waals surface area (Å²) < 4.78 is 23.5. The summed E-state index contributed by atoms with van der Waals surface area (Å²) in [7, 11) is 2.96. The van der Waals surface area contributed by atoms with Crippen molar-refractivity contribution in [2.24, 2.45) is 5.73 Å². The van der Waals surface area contributed by atoms with Gasteiger partial charge in [0, 0.05) is 18.7 Å². The minimum Gasteiger partial charge on any atom is -0.497 e. The molecule has 15 heavy (non-hydrogen) atoms. The maximum atomic E-state index is 13.6. The van der Waals surface area contributed by atoms with E-state index in [9.17, 15) is 4.39 Å². The van der Waals surface area contributed by atoms with E-state index in [-0.39, 0.29) is 0 Å². The first-order valence-electron chi connectivity index (χ1n) is 4.51. The number of hydrogen-bond acceptors (Lipinski definition) is 3. The molecule has 0 aliphatic heterocycles. The third-order valence-corrected chi connectivity index (χ3v) is 1.94. The number of nitrogens with two attached hydrogens (primary N) is 1. The topological polar surface area (TPSA) is 44.5 Å². The van der Waals surface area contributed by atoms with Gasteiger partial charge in [-0.1, -0.05) is 12.2 Å². The Kier molecular flexibility index (Phi) is 4.12. The lowest BCUT2D eigenvalue weighted by atomic mass is 10.1. The molecule has 0 atom stereocenters. The largest absolute Gasteiger partial charge is 0.497 e. The smallest absolute Gasteiger partial charge is 0.137 e. The molecule has 0 unspecified atom stereocenters. The van der Waals surface area contributed by atoms with Crippen molar-refractivity contribution in [3.8, 4) is 11.5 Å². The summed E-state index contributed by atoms with van der Waals surface area (Å²) in [6.07, 6.45) is 3.25. The molecule has 0 saturated heterocycles. The van der Waals surface area contributed by atoms with Gasteiger partial charge in [-0.05, 0) is 0 Å². The molecular weight excluding hydrogens is 197 g/mol. The highest BCUT2D eigenvalue weighted by atomic mass is 19.1. The van der Waals surface area contributed by atoms with E-state index in [1.165, 1.54) is 20.3 Å². The normalized spacial score (nSPS) is 10.7. The molecule has 4 heteroatoms. The average molecular weight is 211 g/mol. The number of ether oxygens (including phenoxy) is 2. The fourth-order valence-corrected chi connectivity index (χ4v) is 1.20. The fourth-order valence-electron chi connectivity index (χ4n) is 1.20. The lowest BCUT2D eigenvalue weighted by molar-refractivity contribution is 0.388. The van der Waals surface area contributed by atoms with E-state index in [0.29, 0.717) is 23.6 Å². The van der Waals surface area contributed by atoms with Crippen LogP contribution < -0.4 is 15.2 Å². The van der Waals surface area contributed by atoms with Gasteiger partial charge in [0.15, 0.2) is 0 Å². The van der Waals surface area contributed by atoms with E-state index in [0.717, 1.165) is 0 Å². The van der Waals surface area contributed by atoms with Crippen LogP contribution in [-0.2, 0) is 0 Å². The Morgan fingerprint density at radius 3 is 2.60 bits per heavy atom. The van der Waals surface area contributed by atoms with Crippen LogP contribution >= 0.6 is 0 Å². The third-order valence-electron chi connectivity index (χ3n) is 1.94. The van der Waals surface area contributed by atoms with Crippen LogP contribution in [0.1, 0.15) is 5.56 Å².